The highest BCUT2D eigenvalue weighted by Gasteiger charge is 2.31. The number of hydrogen-bond acceptors (Lipinski definition) is 9. The Morgan fingerprint density at radius 2 is 1.22 bits per heavy atom. The van der Waals surface area contributed by atoms with Crippen LogP contribution in [0.5, 0.6) is 5.75 Å². The number of primary amides is 1. The van der Waals surface area contributed by atoms with E-state index in [9.17, 15) is 29.1 Å². The number of unbranched alkanes of at least 4 members (excludes halogenated alkanes) is 1. The molecule has 0 heterocycles. The van der Waals surface area contributed by atoms with Crippen molar-refractivity contribution in [3.63, 3.8) is 0 Å². The molecule has 0 radical (unpaired) electrons. The van der Waals surface area contributed by atoms with Crippen LogP contribution in [0, 0.1) is 11.8 Å². The van der Waals surface area contributed by atoms with Crippen molar-refractivity contribution in [2.75, 3.05) is 13.1 Å². The topological polar surface area (TPSA) is 244 Å². The predicted molar refractivity (Wildman–Crippen MR) is 177 cm³/mol. The fourth-order valence-corrected chi connectivity index (χ4v) is 4.86. The van der Waals surface area contributed by atoms with Crippen LogP contribution in [0.4, 0.5) is 0 Å². The first-order chi connectivity index (χ1) is 21.8. The number of phenols is 1. The van der Waals surface area contributed by atoms with Gasteiger partial charge < -0.3 is 37.8 Å². The molecule has 0 spiro atoms. The van der Waals surface area contributed by atoms with Gasteiger partial charge in [-0.3, -0.25) is 35.2 Å². The van der Waals surface area contributed by atoms with Gasteiger partial charge in [0.2, 0.25) is 29.5 Å². The van der Waals surface area contributed by atoms with Crippen molar-refractivity contribution in [3.8, 4) is 5.75 Å². The SMILES string of the molecule is CC(C)C[C@H](NC(=O)[C@H](CC(C)C)NC(=O)[C@H](CCCCN)NC(=O)[C@H](CCCNN)NC(=O)CCc1ccc(O)cc1)C(N)=O. The first-order valence-corrected chi connectivity index (χ1v) is 16.2. The van der Waals surface area contributed by atoms with Gasteiger partial charge in [0.15, 0.2) is 0 Å². The molecule has 0 aliphatic rings. The maximum atomic E-state index is 13.6. The lowest BCUT2D eigenvalue weighted by Gasteiger charge is -2.27. The van der Waals surface area contributed by atoms with Crippen LogP contribution >= 0.6 is 0 Å². The average Bonchev–Trinajstić information content (AvgIpc) is 2.98. The molecule has 46 heavy (non-hydrogen) atoms. The van der Waals surface area contributed by atoms with Crippen molar-refractivity contribution in [3.05, 3.63) is 29.8 Å². The van der Waals surface area contributed by atoms with E-state index in [1.807, 2.05) is 27.7 Å². The van der Waals surface area contributed by atoms with Gasteiger partial charge in [0, 0.05) is 13.0 Å². The molecular formula is C32H56N8O6. The molecule has 1 rings (SSSR count). The minimum Gasteiger partial charge on any atom is -0.508 e. The molecule has 0 saturated carbocycles. The molecule has 0 aliphatic carbocycles. The van der Waals surface area contributed by atoms with Crippen LogP contribution in [-0.4, -0.2) is 71.9 Å². The van der Waals surface area contributed by atoms with Gasteiger partial charge in [0.1, 0.15) is 29.9 Å². The largest absolute Gasteiger partial charge is 0.508 e. The first-order valence-electron chi connectivity index (χ1n) is 16.2. The van der Waals surface area contributed by atoms with Crippen molar-refractivity contribution >= 4 is 29.5 Å². The maximum Gasteiger partial charge on any atom is 0.243 e. The number of phenolic OH excluding ortho intramolecular Hbond substituents is 1. The molecule has 0 aliphatic heterocycles. The third-order valence-electron chi connectivity index (χ3n) is 7.33. The number of carbonyl (C=O) groups excluding carboxylic acids is 5. The van der Waals surface area contributed by atoms with Crippen LogP contribution in [0.1, 0.15) is 84.6 Å². The van der Waals surface area contributed by atoms with E-state index >= 15 is 0 Å². The summed E-state index contributed by atoms with van der Waals surface area (Å²) < 4.78 is 0. The lowest BCUT2D eigenvalue weighted by molar-refractivity contribution is -0.134. The summed E-state index contributed by atoms with van der Waals surface area (Å²) in [4.78, 5) is 65.2. The number of nitrogens with one attached hydrogen (secondary N) is 5. The third-order valence-corrected chi connectivity index (χ3v) is 7.33. The summed E-state index contributed by atoms with van der Waals surface area (Å²) >= 11 is 0. The summed E-state index contributed by atoms with van der Waals surface area (Å²) in [6.07, 6.45) is 3.31. The number of aromatic hydroxyl groups is 1. The Labute approximate surface area is 272 Å². The molecule has 1 aromatic rings. The number of rotatable bonds is 23. The molecule has 0 aromatic heterocycles. The second-order valence-electron chi connectivity index (χ2n) is 12.5. The van der Waals surface area contributed by atoms with Crippen molar-refractivity contribution in [2.24, 2.45) is 29.1 Å². The molecule has 1 aromatic carbocycles. The highest BCUT2D eigenvalue weighted by molar-refractivity contribution is 5.95. The van der Waals surface area contributed by atoms with Crippen LogP contribution in [0.2, 0.25) is 0 Å². The Hall–Kier alpha value is -3.75. The Morgan fingerprint density at radius 1 is 0.717 bits per heavy atom. The summed E-state index contributed by atoms with van der Waals surface area (Å²) in [5, 5.41) is 20.5. The van der Waals surface area contributed by atoms with Gasteiger partial charge in [-0.05, 0) is 87.4 Å². The fraction of sp³-hybridized carbons (Fsp3) is 0.656. The summed E-state index contributed by atoms with van der Waals surface area (Å²) in [6.45, 7) is 8.42. The molecule has 0 fully saturated rings. The standard InChI is InChI=1S/C32H56N8O6/c1-20(2)18-26(29(34)43)39-32(46)27(19-21(3)4)40-31(45)25(8-5-6-16-33)38-30(44)24(9-7-17-36-35)37-28(42)15-12-22-10-13-23(41)14-11-22/h10-11,13-14,20-21,24-27,36,41H,5-9,12,15-19,33,35H2,1-4H3,(H2,34,43)(H,37,42)(H,38,44)(H,39,46)(H,40,45)/t24-,25-,26-,27-/m0/s1. The number of hydrogen-bond donors (Lipinski definition) is 9. The third kappa shape index (κ3) is 16.5. The van der Waals surface area contributed by atoms with E-state index in [1.165, 1.54) is 12.1 Å². The van der Waals surface area contributed by atoms with E-state index in [1.54, 1.807) is 12.1 Å². The average molecular weight is 649 g/mol. The molecule has 4 atom stereocenters. The van der Waals surface area contributed by atoms with Crippen LogP contribution in [0.15, 0.2) is 24.3 Å². The summed E-state index contributed by atoms with van der Waals surface area (Å²) in [6, 6.07) is 2.71. The highest BCUT2D eigenvalue weighted by Crippen LogP contribution is 2.13. The van der Waals surface area contributed by atoms with E-state index < -0.39 is 47.8 Å². The number of hydrazine groups is 1. The van der Waals surface area contributed by atoms with E-state index in [4.69, 9.17) is 17.3 Å². The van der Waals surface area contributed by atoms with Crippen molar-refractivity contribution in [1.82, 2.24) is 26.7 Å². The van der Waals surface area contributed by atoms with Gasteiger partial charge in [-0.15, -0.1) is 0 Å². The van der Waals surface area contributed by atoms with Crippen LogP contribution < -0.4 is 44.0 Å². The quantitative estimate of drug-likeness (QED) is 0.0447. The second-order valence-corrected chi connectivity index (χ2v) is 12.5. The Morgan fingerprint density at radius 3 is 1.76 bits per heavy atom. The molecule has 0 bridgehead atoms. The van der Waals surface area contributed by atoms with Gasteiger partial charge >= 0.3 is 0 Å². The summed E-state index contributed by atoms with van der Waals surface area (Å²) in [5.74, 6) is 2.99. The van der Waals surface area contributed by atoms with E-state index in [2.05, 4.69) is 26.7 Å². The molecule has 0 saturated heterocycles. The van der Waals surface area contributed by atoms with Crippen LogP contribution in [0.25, 0.3) is 0 Å². The second kappa shape index (κ2) is 21.9. The van der Waals surface area contributed by atoms with Crippen molar-refractivity contribution < 1.29 is 29.1 Å². The Bertz CT molecular complexity index is 1100. The number of benzene rings is 1. The molecule has 14 nitrogen and oxygen atoms in total. The van der Waals surface area contributed by atoms with E-state index in [0.717, 1.165) is 5.56 Å². The van der Waals surface area contributed by atoms with Gasteiger partial charge in [-0.25, -0.2) is 0 Å². The monoisotopic (exact) mass is 648 g/mol. The Balaban J connectivity index is 3.08. The zero-order chi connectivity index (χ0) is 34.6. The molecule has 14 heteroatoms. The minimum absolute atomic E-state index is 0.0239. The predicted octanol–water partition coefficient (Wildman–Crippen LogP) is 0.214. The number of nitrogens with two attached hydrogens (primary N) is 3. The normalized spacial score (nSPS) is 13.8. The highest BCUT2D eigenvalue weighted by atomic mass is 16.3. The number of aryl methyl sites for hydroxylation is 1. The zero-order valence-electron chi connectivity index (χ0n) is 27.8. The van der Waals surface area contributed by atoms with Crippen LogP contribution in [-0.2, 0) is 30.4 Å². The van der Waals surface area contributed by atoms with Gasteiger partial charge in [-0.2, -0.15) is 0 Å². The number of carbonyl (C=O) groups is 5. The molecule has 12 N–H and O–H groups in total. The fourth-order valence-electron chi connectivity index (χ4n) is 4.86. The van der Waals surface area contributed by atoms with Crippen molar-refractivity contribution in [1.29, 1.82) is 0 Å². The summed E-state index contributed by atoms with van der Waals surface area (Å²) in [7, 11) is 0. The minimum atomic E-state index is -1.01. The zero-order valence-corrected chi connectivity index (χ0v) is 27.8. The summed E-state index contributed by atoms with van der Waals surface area (Å²) in [5.41, 5.74) is 14.6. The Kier molecular flexibility index (Phi) is 19.2. The maximum absolute atomic E-state index is 13.6. The van der Waals surface area contributed by atoms with Gasteiger partial charge in [-0.1, -0.05) is 39.8 Å². The van der Waals surface area contributed by atoms with E-state index in [0.29, 0.717) is 51.6 Å². The first kappa shape index (κ1) is 40.3. The van der Waals surface area contributed by atoms with E-state index in [-0.39, 0.29) is 42.8 Å². The smallest absolute Gasteiger partial charge is 0.243 e. The van der Waals surface area contributed by atoms with Gasteiger partial charge in [0.25, 0.3) is 0 Å². The van der Waals surface area contributed by atoms with Crippen LogP contribution in [0.3, 0.4) is 0 Å². The van der Waals surface area contributed by atoms with Gasteiger partial charge in [0.05, 0.1) is 0 Å². The molecule has 260 valence electrons. The molecule has 0 unspecified atom stereocenters. The van der Waals surface area contributed by atoms with Crippen molar-refractivity contribution in [2.45, 2.75) is 110 Å². The lowest BCUT2D eigenvalue weighted by Crippen LogP contribution is -2.58. The lowest BCUT2D eigenvalue weighted by atomic mass is 9.99. The number of amides is 5. The molecular weight excluding hydrogens is 592 g/mol. The molecule has 5 amide bonds.